The Balaban J connectivity index is 2.22. The minimum atomic E-state index is -0.777. The van der Waals surface area contributed by atoms with Gasteiger partial charge >= 0.3 is 0 Å². The lowest BCUT2D eigenvalue weighted by atomic mass is 10.1. The van der Waals surface area contributed by atoms with E-state index in [0.717, 1.165) is 28.8 Å². The lowest BCUT2D eigenvalue weighted by molar-refractivity contribution is 0.594. The average Bonchev–Trinajstić information content (AvgIpc) is 2.97. The van der Waals surface area contributed by atoms with E-state index in [0.29, 0.717) is 0 Å². The van der Waals surface area contributed by atoms with E-state index in [1.807, 2.05) is 0 Å². The molecular formula is C15H6Br2ClF4N3. The molecule has 0 N–H and O–H groups in total. The lowest BCUT2D eigenvalue weighted by Crippen LogP contribution is -2.02. The molecule has 0 unspecified atom stereocenters. The van der Waals surface area contributed by atoms with E-state index in [4.69, 9.17) is 11.6 Å². The van der Waals surface area contributed by atoms with Gasteiger partial charge in [-0.15, -0.1) is 21.8 Å². The number of nitrogens with zero attached hydrogens (tertiary/aromatic N) is 3. The molecule has 0 saturated carbocycles. The van der Waals surface area contributed by atoms with E-state index in [2.05, 4.69) is 42.1 Å². The molecule has 0 aliphatic heterocycles. The van der Waals surface area contributed by atoms with Crippen LogP contribution in [0.5, 0.6) is 0 Å². The first-order valence-electron chi connectivity index (χ1n) is 6.62. The van der Waals surface area contributed by atoms with Crippen LogP contribution in [0.15, 0.2) is 33.2 Å². The van der Waals surface area contributed by atoms with Crippen LogP contribution in [-0.2, 0) is 6.00 Å². The fourth-order valence-electron chi connectivity index (χ4n) is 2.20. The number of benzene rings is 2. The Morgan fingerprint density at radius 2 is 1.16 bits per heavy atom. The Morgan fingerprint density at radius 3 is 1.52 bits per heavy atom. The van der Waals surface area contributed by atoms with Crippen LogP contribution in [-0.4, -0.2) is 14.8 Å². The van der Waals surface area contributed by atoms with Crippen molar-refractivity contribution in [3.05, 3.63) is 56.5 Å². The monoisotopic (exact) mass is 497 g/mol. The van der Waals surface area contributed by atoms with Gasteiger partial charge in [0.25, 0.3) is 0 Å². The Bertz CT molecular complexity index is 903. The summed E-state index contributed by atoms with van der Waals surface area (Å²) in [5, 5.41) is 7.53. The lowest BCUT2D eigenvalue weighted by Gasteiger charge is -2.09. The molecule has 1 heterocycles. The number of hydrogen-bond donors (Lipinski definition) is 0. The van der Waals surface area contributed by atoms with Crippen molar-refractivity contribution in [1.29, 1.82) is 0 Å². The molecule has 0 spiro atoms. The highest BCUT2D eigenvalue weighted by molar-refractivity contribution is 9.10. The zero-order valence-electron chi connectivity index (χ0n) is 12.0. The molecule has 10 heteroatoms. The highest BCUT2D eigenvalue weighted by atomic mass is 79.9. The number of aromatic nitrogens is 3. The SMILES string of the molecule is Fc1cc(-c2nnc(-c3cc(F)c(Br)cc3F)n2CCl)c(F)cc1Br. The van der Waals surface area contributed by atoms with E-state index in [1.165, 1.54) is 0 Å². The van der Waals surface area contributed by atoms with Gasteiger partial charge in [-0.1, -0.05) is 0 Å². The normalized spacial score (nSPS) is 11.2. The minimum Gasteiger partial charge on any atom is -0.292 e. The summed E-state index contributed by atoms with van der Waals surface area (Å²) in [5.41, 5.74) is -0.420. The summed E-state index contributed by atoms with van der Waals surface area (Å²) in [6.07, 6.45) is 0. The molecule has 1 aromatic heterocycles. The molecule has 0 atom stereocenters. The molecule has 25 heavy (non-hydrogen) atoms. The van der Waals surface area contributed by atoms with Gasteiger partial charge in [0.2, 0.25) is 0 Å². The smallest absolute Gasteiger partial charge is 0.168 e. The molecule has 0 radical (unpaired) electrons. The molecular weight excluding hydrogens is 493 g/mol. The Kier molecular flexibility index (Phi) is 5.17. The zero-order chi connectivity index (χ0) is 18.3. The summed E-state index contributed by atoms with van der Waals surface area (Å²) in [7, 11) is 0. The van der Waals surface area contributed by atoms with Gasteiger partial charge in [0.1, 0.15) is 29.3 Å². The first-order chi connectivity index (χ1) is 11.8. The standard InChI is InChI=1S/C15H6Br2ClF4N3/c16-8-3-10(19)6(1-12(8)21)14-23-24-15(25(14)5-18)7-2-13(22)9(17)4-11(7)20/h1-4H,5H2. The van der Waals surface area contributed by atoms with Gasteiger partial charge in [-0.05, 0) is 56.1 Å². The van der Waals surface area contributed by atoms with E-state index in [1.54, 1.807) is 0 Å². The van der Waals surface area contributed by atoms with Crippen molar-refractivity contribution in [1.82, 2.24) is 14.8 Å². The molecule has 3 aromatic rings. The quantitative estimate of drug-likeness (QED) is 0.256. The molecule has 130 valence electrons. The van der Waals surface area contributed by atoms with Crippen molar-refractivity contribution in [2.45, 2.75) is 6.00 Å². The number of hydrogen-bond acceptors (Lipinski definition) is 2. The maximum atomic E-state index is 14.2. The number of alkyl halides is 1. The summed E-state index contributed by atoms with van der Waals surface area (Å²) in [5.74, 6) is -3.22. The van der Waals surface area contributed by atoms with E-state index < -0.39 is 23.3 Å². The summed E-state index contributed by atoms with van der Waals surface area (Å²) < 4.78 is 56.9. The third-order valence-electron chi connectivity index (χ3n) is 3.37. The van der Waals surface area contributed by atoms with Gasteiger partial charge in [-0.3, -0.25) is 4.57 Å². The first-order valence-corrected chi connectivity index (χ1v) is 8.74. The summed E-state index contributed by atoms with van der Waals surface area (Å²) in [6.45, 7) is 0. The second-order valence-corrected chi connectivity index (χ2v) is 6.83. The van der Waals surface area contributed by atoms with Crippen LogP contribution in [0.1, 0.15) is 0 Å². The summed E-state index contributed by atoms with van der Waals surface area (Å²) >= 11 is 11.6. The second kappa shape index (κ2) is 7.05. The van der Waals surface area contributed by atoms with E-state index >= 15 is 0 Å². The van der Waals surface area contributed by atoms with Crippen LogP contribution < -0.4 is 0 Å². The van der Waals surface area contributed by atoms with E-state index in [-0.39, 0.29) is 37.7 Å². The molecule has 0 saturated heterocycles. The van der Waals surface area contributed by atoms with Crippen molar-refractivity contribution < 1.29 is 17.6 Å². The Morgan fingerprint density at radius 1 is 0.760 bits per heavy atom. The Hall–Kier alpha value is -1.45. The third-order valence-corrected chi connectivity index (χ3v) is 4.83. The van der Waals surface area contributed by atoms with Crippen LogP contribution in [0.2, 0.25) is 0 Å². The zero-order valence-corrected chi connectivity index (χ0v) is 15.9. The molecule has 0 fully saturated rings. The van der Waals surface area contributed by atoms with Crippen molar-refractivity contribution in [2.75, 3.05) is 0 Å². The Labute approximate surface area is 160 Å². The largest absolute Gasteiger partial charge is 0.292 e. The van der Waals surface area contributed by atoms with Crippen molar-refractivity contribution in [2.24, 2.45) is 0 Å². The minimum absolute atomic E-state index is 0.0630. The van der Waals surface area contributed by atoms with Gasteiger partial charge in [-0.2, -0.15) is 0 Å². The molecule has 3 nitrogen and oxygen atoms in total. The second-order valence-electron chi connectivity index (χ2n) is 4.89. The molecule has 0 aliphatic rings. The van der Waals surface area contributed by atoms with Crippen LogP contribution in [0, 0.1) is 23.3 Å². The van der Waals surface area contributed by atoms with Gasteiger partial charge in [0.05, 0.1) is 20.1 Å². The fourth-order valence-corrected chi connectivity index (χ4v) is 3.06. The van der Waals surface area contributed by atoms with Crippen LogP contribution in [0.3, 0.4) is 0 Å². The van der Waals surface area contributed by atoms with Crippen LogP contribution in [0.25, 0.3) is 22.8 Å². The van der Waals surface area contributed by atoms with Crippen LogP contribution >= 0.6 is 43.5 Å². The predicted octanol–water partition coefficient (Wildman–Crippen LogP) is 5.89. The maximum absolute atomic E-state index is 14.2. The molecule has 2 aromatic carbocycles. The maximum Gasteiger partial charge on any atom is 0.168 e. The molecule has 0 bridgehead atoms. The number of halogens is 7. The average molecular weight is 499 g/mol. The van der Waals surface area contributed by atoms with Gasteiger partial charge < -0.3 is 0 Å². The fraction of sp³-hybridized carbons (Fsp3) is 0.0667. The first kappa shape index (κ1) is 18.3. The van der Waals surface area contributed by atoms with Crippen molar-refractivity contribution in [3.63, 3.8) is 0 Å². The number of rotatable bonds is 3. The molecule has 0 amide bonds. The van der Waals surface area contributed by atoms with Crippen molar-refractivity contribution >= 4 is 43.5 Å². The van der Waals surface area contributed by atoms with Crippen LogP contribution in [0.4, 0.5) is 17.6 Å². The topological polar surface area (TPSA) is 30.7 Å². The molecule has 0 aliphatic carbocycles. The summed E-state index contributed by atoms with van der Waals surface area (Å²) in [4.78, 5) is 0. The van der Waals surface area contributed by atoms with E-state index in [9.17, 15) is 17.6 Å². The highest BCUT2D eigenvalue weighted by Crippen LogP contribution is 2.32. The summed E-state index contributed by atoms with van der Waals surface area (Å²) in [6, 6.07) is 3.39. The van der Waals surface area contributed by atoms with Crippen molar-refractivity contribution in [3.8, 4) is 22.8 Å². The van der Waals surface area contributed by atoms with Gasteiger partial charge in [0, 0.05) is 0 Å². The highest BCUT2D eigenvalue weighted by Gasteiger charge is 2.22. The molecule has 3 rings (SSSR count). The third kappa shape index (κ3) is 3.32. The predicted molar refractivity (Wildman–Crippen MR) is 92.0 cm³/mol. The van der Waals surface area contributed by atoms with Gasteiger partial charge in [-0.25, -0.2) is 17.6 Å². The van der Waals surface area contributed by atoms with Gasteiger partial charge in [0.15, 0.2) is 11.6 Å².